The zero-order chi connectivity index (χ0) is 16.7. The summed E-state index contributed by atoms with van der Waals surface area (Å²) in [5.41, 5.74) is 3.72. The quantitative estimate of drug-likeness (QED) is 0.796. The van der Waals surface area contributed by atoms with Crippen molar-refractivity contribution >= 4 is 5.91 Å². The number of nitrogens with zero attached hydrogens (tertiary/aromatic N) is 3. The van der Waals surface area contributed by atoms with E-state index in [0.29, 0.717) is 23.0 Å². The predicted octanol–water partition coefficient (Wildman–Crippen LogP) is 2.76. The second-order valence-electron chi connectivity index (χ2n) is 5.91. The molecule has 122 valence electrons. The van der Waals surface area contributed by atoms with Crippen LogP contribution in [0.5, 0.6) is 0 Å². The van der Waals surface area contributed by atoms with Gasteiger partial charge < -0.3 is 14.4 Å². The van der Waals surface area contributed by atoms with Gasteiger partial charge in [0.05, 0.1) is 12.2 Å². The van der Waals surface area contributed by atoms with E-state index < -0.39 is 0 Å². The topological polar surface area (TPSA) is 94.1 Å². The fraction of sp³-hybridized carbons (Fsp3) is 0.294. The molecule has 1 unspecified atom stereocenters. The summed E-state index contributed by atoms with van der Waals surface area (Å²) < 4.78 is 9.98. The van der Waals surface area contributed by atoms with Gasteiger partial charge in [0, 0.05) is 12.5 Å². The Kier molecular flexibility index (Phi) is 3.41. The summed E-state index contributed by atoms with van der Waals surface area (Å²) in [4.78, 5) is 16.6. The maximum absolute atomic E-state index is 12.3. The average molecular weight is 324 g/mol. The van der Waals surface area contributed by atoms with Gasteiger partial charge in [-0.3, -0.25) is 4.79 Å². The van der Waals surface area contributed by atoms with Crippen LogP contribution in [0, 0.1) is 13.8 Å². The van der Waals surface area contributed by atoms with E-state index in [2.05, 4.69) is 26.7 Å². The highest BCUT2D eigenvalue weighted by Gasteiger charge is 2.26. The lowest BCUT2D eigenvalue weighted by Gasteiger charge is -2.13. The molecule has 1 aliphatic rings. The zero-order valence-corrected chi connectivity index (χ0v) is 13.4. The third kappa shape index (κ3) is 2.47. The number of hydrogen-bond acceptors (Lipinski definition) is 6. The van der Waals surface area contributed by atoms with Crippen molar-refractivity contribution in [2.24, 2.45) is 0 Å². The molecule has 1 aliphatic carbocycles. The molecular formula is C17H16N4O3. The minimum atomic E-state index is -0.163. The number of fused-ring (bicyclic) bond motifs is 1. The Morgan fingerprint density at radius 1 is 1.29 bits per heavy atom. The molecule has 0 spiro atoms. The van der Waals surface area contributed by atoms with Crippen LogP contribution in [0.4, 0.5) is 0 Å². The molecule has 1 amide bonds. The van der Waals surface area contributed by atoms with Gasteiger partial charge in [0.15, 0.2) is 0 Å². The molecule has 1 N–H and O–H groups in total. The lowest BCUT2D eigenvalue weighted by atomic mass is 10.0. The highest BCUT2D eigenvalue weighted by atomic mass is 16.5. The lowest BCUT2D eigenvalue weighted by molar-refractivity contribution is 0.0935. The van der Waals surface area contributed by atoms with Gasteiger partial charge in [0.2, 0.25) is 11.7 Å². The van der Waals surface area contributed by atoms with E-state index in [-0.39, 0.29) is 11.9 Å². The summed E-state index contributed by atoms with van der Waals surface area (Å²) in [5, 5.41) is 10.7. The second kappa shape index (κ2) is 5.59. The molecule has 0 saturated heterocycles. The molecule has 2 aromatic heterocycles. The van der Waals surface area contributed by atoms with Gasteiger partial charge in [-0.1, -0.05) is 22.4 Å². The first kappa shape index (κ1) is 14.6. The van der Waals surface area contributed by atoms with Crippen LogP contribution < -0.4 is 5.32 Å². The van der Waals surface area contributed by atoms with Gasteiger partial charge in [-0.25, -0.2) is 0 Å². The Labute approximate surface area is 138 Å². The van der Waals surface area contributed by atoms with Crippen molar-refractivity contribution < 1.29 is 13.8 Å². The molecule has 0 aliphatic heterocycles. The standard InChI is InChI=1S/C17H16N4O3/c1-9-14(8-18-23-9)17(22)20-15-6-4-11-7-12(3-5-13(11)15)16-19-10(2)24-21-16/h3,5,7-8,15H,4,6H2,1-2H3,(H,20,22). The number of aryl methyl sites for hydroxylation is 3. The summed E-state index contributed by atoms with van der Waals surface area (Å²) in [7, 11) is 0. The molecular weight excluding hydrogens is 308 g/mol. The van der Waals surface area contributed by atoms with Crippen LogP contribution in [0.25, 0.3) is 11.4 Å². The molecule has 3 aromatic rings. The second-order valence-corrected chi connectivity index (χ2v) is 5.91. The first-order valence-corrected chi connectivity index (χ1v) is 7.77. The summed E-state index contributed by atoms with van der Waals surface area (Å²) in [6, 6.07) is 6.03. The van der Waals surface area contributed by atoms with Crippen LogP contribution in [0.15, 0.2) is 33.4 Å². The molecule has 0 saturated carbocycles. The van der Waals surface area contributed by atoms with Crippen molar-refractivity contribution in [3.8, 4) is 11.4 Å². The van der Waals surface area contributed by atoms with E-state index in [1.54, 1.807) is 13.8 Å². The monoisotopic (exact) mass is 324 g/mol. The van der Waals surface area contributed by atoms with E-state index in [1.807, 2.05) is 12.1 Å². The highest BCUT2D eigenvalue weighted by Crippen LogP contribution is 2.34. The van der Waals surface area contributed by atoms with Crippen molar-refractivity contribution in [2.75, 3.05) is 0 Å². The Bertz CT molecular complexity index is 912. The third-order valence-corrected chi connectivity index (χ3v) is 4.31. The third-order valence-electron chi connectivity index (χ3n) is 4.31. The van der Waals surface area contributed by atoms with E-state index in [1.165, 1.54) is 11.8 Å². The summed E-state index contributed by atoms with van der Waals surface area (Å²) in [6.07, 6.45) is 3.20. The van der Waals surface area contributed by atoms with E-state index in [9.17, 15) is 4.79 Å². The number of nitrogens with one attached hydrogen (secondary N) is 1. The molecule has 7 heteroatoms. The minimum absolute atomic E-state index is 0.0112. The predicted molar refractivity (Wildman–Crippen MR) is 84.2 cm³/mol. The lowest BCUT2D eigenvalue weighted by Crippen LogP contribution is -2.27. The summed E-state index contributed by atoms with van der Waals surface area (Å²) in [5.74, 6) is 1.49. The van der Waals surface area contributed by atoms with Gasteiger partial charge in [-0.15, -0.1) is 0 Å². The minimum Gasteiger partial charge on any atom is -0.361 e. The van der Waals surface area contributed by atoms with E-state index >= 15 is 0 Å². The number of benzene rings is 1. The van der Waals surface area contributed by atoms with Gasteiger partial charge in [0.1, 0.15) is 11.3 Å². The van der Waals surface area contributed by atoms with Crippen LogP contribution in [0.2, 0.25) is 0 Å². The molecule has 7 nitrogen and oxygen atoms in total. The molecule has 1 atom stereocenters. The Morgan fingerprint density at radius 3 is 2.88 bits per heavy atom. The first-order valence-electron chi connectivity index (χ1n) is 7.77. The molecule has 0 fully saturated rings. The molecule has 24 heavy (non-hydrogen) atoms. The SMILES string of the molecule is Cc1nc(-c2ccc3c(c2)CCC3NC(=O)c2cnoc2C)no1. The number of carbonyl (C=O) groups is 1. The van der Waals surface area contributed by atoms with Crippen molar-refractivity contribution in [2.45, 2.75) is 32.7 Å². The fourth-order valence-electron chi connectivity index (χ4n) is 3.08. The molecule has 2 heterocycles. The van der Waals surface area contributed by atoms with Crippen molar-refractivity contribution in [1.29, 1.82) is 0 Å². The number of amides is 1. The smallest absolute Gasteiger partial charge is 0.256 e. The number of rotatable bonds is 3. The van der Waals surface area contributed by atoms with Crippen molar-refractivity contribution in [3.63, 3.8) is 0 Å². The summed E-state index contributed by atoms with van der Waals surface area (Å²) in [6.45, 7) is 3.49. The number of aromatic nitrogens is 3. The molecule has 0 radical (unpaired) electrons. The van der Waals surface area contributed by atoms with Crippen molar-refractivity contribution in [1.82, 2.24) is 20.6 Å². The van der Waals surface area contributed by atoms with Crippen LogP contribution in [-0.2, 0) is 6.42 Å². The largest absolute Gasteiger partial charge is 0.361 e. The maximum Gasteiger partial charge on any atom is 0.256 e. The van der Waals surface area contributed by atoms with Crippen molar-refractivity contribution in [3.05, 3.63) is 52.7 Å². The zero-order valence-electron chi connectivity index (χ0n) is 13.4. The Morgan fingerprint density at radius 2 is 2.17 bits per heavy atom. The van der Waals surface area contributed by atoms with Gasteiger partial charge in [-0.2, -0.15) is 4.98 Å². The molecule has 1 aromatic carbocycles. The van der Waals surface area contributed by atoms with Gasteiger partial charge in [0.25, 0.3) is 5.91 Å². The highest BCUT2D eigenvalue weighted by molar-refractivity contribution is 5.95. The Hall–Kier alpha value is -2.96. The van der Waals surface area contributed by atoms with E-state index in [4.69, 9.17) is 9.05 Å². The Balaban J connectivity index is 1.56. The van der Waals surface area contributed by atoms with Gasteiger partial charge >= 0.3 is 0 Å². The maximum atomic E-state index is 12.3. The molecule has 0 bridgehead atoms. The van der Waals surface area contributed by atoms with E-state index in [0.717, 1.165) is 24.0 Å². The number of carbonyl (C=O) groups excluding carboxylic acids is 1. The fourth-order valence-corrected chi connectivity index (χ4v) is 3.08. The van der Waals surface area contributed by atoms with Crippen LogP contribution in [-0.4, -0.2) is 21.2 Å². The normalized spacial score (nSPS) is 16.2. The molecule has 4 rings (SSSR count). The first-order chi connectivity index (χ1) is 11.6. The van der Waals surface area contributed by atoms with Crippen LogP contribution in [0.1, 0.15) is 45.6 Å². The number of hydrogen-bond donors (Lipinski definition) is 1. The summed E-state index contributed by atoms with van der Waals surface area (Å²) >= 11 is 0. The van der Waals surface area contributed by atoms with Gasteiger partial charge in [-0.05, 0) is 37.0 Å². The van der Waals surface area contributed by atoms with Crippen LogP contribution >= 0.6 is 0 Å². The average Bonchev–Trinajstić information content (AvgIpc) is 3.27. The van der Waals surface area contributed by atoms with Crippen LogP contribution in [0.3, 0.4) is 0 Å².